The van der Waals surface area contributed by atoms with Gasteiger partial charge in [0.05, 0.1) is 18.1 Å². The topological polar surface area (TPSA) is 85.2 Å². The van der Waals surface area contributed by atoms with Crippen LogP contribution in [0.1, 0.15) is 19.4 Å². The molecule has 1 aliphatic heterocycles. The number of piperazine rings is 1. The minimum Gasteiger partial charge on any atom is -0.497 e. The molecule has 0 aliphatic carbocycles. The molecule has 0 saturated carbocycles. The summed E-state index contributed by atoms with van der Waals surface area (Å²) >= 11 is 0. The molecule has 31 heavy (non-hydrogen) atoms. The van der Waals surface area contributed by atoms with Crippen molar-refractivity contribution in [3.63, 3.8) is 0 Å². The van der Waals surface area contributed by atoms with Crippen LogP contribution in [0.2, 0.25) is 0 Å². The maximum absolute atomic E-state index is 13.2. The number of hydrogen-bond donors (Lipinski definition) is 0. The van der Waals surface area contributed by atoms with E-state index in [0.717, 1.165) is 5.56 Å². The summed E-state index contributed by atoms with van der Waals surface area (Å²) in [4.78, 5) is 26.4. The molecule has 2 atom stereocenters. The highest BCUT2D eigenvalue weighted by atomic mass is 19.1. The molecule has 8 nitrogen and oxygen atoms in total. The average molecular weight is 429 g/mol. The molecule has 9 heteroatoms. The number of nitrogens with zero attached hydrogens (tertiary/aromatic N) is 3. The van der Waals surface area contributed by atoms with E-state index in [2.05, 4.69) is 0 Å². The second-order valence-corrected chi connectivity index (χ2v) is 7.40. The SMILES string of the molecule is COc1ccc([N+](=O)[O-])c(OCN2C[C@H](C)N(Cc3ccc(F)cc3)C(=C=O)[C@H]2C)c1. The summed E-state index contributed by atoms with van der Waals surface area (Å²) in [6.45, 7) is 4.88. The third-order valence-electron chi connectivity index (χ3n) is 5.40. The smallest absolute Gasteiger partial charge is 0.311 e. The summed E-state index contributed by atoms with van der Waals surface area (Å²) < 4.78 is 24.1. The highest BCUT2D eigenvalue weighted by Crippen LogP contribution is 2.32. The molecule has 3 rings (SSSR count). The molecular formula is C22H24FN3O5. The lowest BCUT2D eigenvalue weighted by molar-refractivity contribution is -0.386. The van der Waals surface area contributed by atoms with Crippen molar-refractivity contribution in [1.29, 1.82) is 0 Å². The van der Waals surface area contributed by atoms with Gasteiger partial charge in [-0.2, -0.15) is 0 Å². The van der Waals surface area contributed by atoms with Crippen LogP contribution in [0.15, 0.2) is 48.2 Å². The first-order chi connectivity index (χ1) is 14.8. The standard InChI is InChI=1S/C22H24FN3O5/c1-15-11-24(14-31-22-10-19(30-3)8-9-20(22)26(28)29)16(2)21(13-27)25(15)12-17-4-6-18(23)7-5-17/h4-10,15-16H,11-12,14H2,1-3H3/t15-,16+/m0/s1. The number of carbonyl (C=O) groups excluding carboxylic acids is 1. The molecular weight excluding hydrogens is 405 g/mol. The van der Waals surface area contributed by atoms with Crippen molar-refractivity contribution in [2.45, 2.75) is 32.5 Å². The Hall–Kier alpha value is -3.42. The number of rotatable bonds is 7. The fourth-order valence-corrected chi connectivity index (χ4v) is 3.62. The van der Waals surface area contributed by atoms with Gasteiger partial charge < -0.3 is 14.4 Å². The number of methoxy groups -OCH3 is 1. The molecule has 0 amide bonds. The van der Waals surface area contributed by atoms with E-state index >= 15 is 0 Å². The Bertz CT molecular complexity index is 991. The van der Waals surface area contributed by atoms with Crippen molar-refractivity contribution in [2.75, 3.05) is 20.4 Å². The van der Waals surface area contributed by atoms with Crippen molar-refractivity contribution in [1.82, 2.24) is 9.80 Å². The molecule has 1 fully saturated rings. The average Bonchev–Trinajstić information content (AvgIpc) is 2.76. The van der Waals surface area contributed by atoms with E-state index in [9.17, 15) is 19.3 Å². The molecule has 1 aliphatic rings. The summed E-state index contributed by atoms with van der Waals surface area (Å²) in [5.41, 5.74) is 1.17. The normalized spacial score (nSPS) is 19.1. The summed E-state index contributed by atoms with van der Waals surface area (Å²) in [5.74, 6) is 2.26. The maximum atomic E-state index is 13.2. The summed E-state index contributed by atoms with van der Waals surface area (Å²) in [6, 6.07) is 10.1. The van der Waals surface area contributed by atoms with E-state index in [0.29, 0.717) is 24.5 Å². The van der Waals surface area contributed by atoms with Gasteiger partial charge >= 0.3 is 5.69 Å². The zero-order valence-corrected chi connectivity index (χ0v) is 17.6. The van der Waals surface area contributed by atoms with Gasteiger partial charge in [-0.15, -0.1) is 0 Å². The Morgan fingerprint density at radius 2 is 1.94 bits per heavy atom. The Morgan fingerprint density at radius 1 is 1.23 bits per heavy atom. The molecule has 0 N–H and O–H groups in total. The largest absolute Gasteiger partial charge is 0.497 e. The molecule has 2 aromatic rings. The van der Waals surface area contributed by atoms with Crippen LogP contribution in [0.4, 0.5) is 10.1 Å². The van der Waals surface area contributed by atoms with Crippen LogP contribution in [-0.2, 0) is 11.3 Å². The van der Waals surface area contributed by atoms with Gasteiger partial charge in [-0.3, -0.25) is 15.0 Å². The van der Waals surface area contributed by atoms with Crippen molar-refractivity contribution >= 4 is 11.6 Å². The second kappa shape index (κ2) is 9.59. The number of nitro groups is 1. The van der Waals surface area contributed by atoms with Crippen LogP contribution >= 0.6 is 0 Å². The highest BCUT2D eigenvalue weighted by molar-refractivity contribution is 5.54. The van der Waals surface area contributed by atoms with Crippen LogP contribution < -0.4 is 9.47 Å². The monoisotopic (exact) mass is 429 g/mol. The number of benzene rings is 2. The van der Waals surface area contributed by atoms with Crippen LogP contribution in [0.5, 0.6) is 11.5 Å². The van der Waals surface area contributed by atoms with Crippen molar-refractivity contribution in [3.05, 3.63) is 69.7 Å². The Kier molecular flexibility index (Phi) is 6.89. The molecule has 0 spiro atoms. The fraction of sp³-hybridized carbons (Fsp3) is 0.364. The van der Waals surface area contributed by atoms with Crippen molar-refractivity contribution in [3.8, 4) is 11.5 Å². The zero-order valence-electron chi connectivity index (χ0n) is 17.6. The van der Waals surface area contributed by atoms with E-state index in [1.807, 2.05) is 29.6 Å². The highest BCUT2D eigenvalue weighted by Gasteiger charge is 2.34. The van der Waals surface area contributed by atoms with Gasteiger partial charge in [0.1, 0.15) is 29.9 Å². The van der Waals surface area contributed by atoms with E-state index in [-0.39, 0.29) is 36.1 Å². The number of ether oxygens (including phenoxy) is 2. The van der Waals surface area contributed by atoms with E-state index in [4.69, 9.17) is 9.47 Å². The molecule has 0 aromatic heterocycles. The first-order valence-corrected chi connectivity index (χ1v) is 9.79. The quantitative estimate of drug-likeness (QED) is 0.379. The third-order valence-corrected chi connectivity index (χ3v) is 5.40. The van der Waals surface area contributed by atoms with Gasteiger partial charge in [0.25, 0.3) is 0 Å². The van der Waals surface area contributed by atoms with E-state index in [1.165, 1.54) is 37.4 Å². The lowest BCUT2D eigenvalue weighted by atomic mass is 10.0. The molecule has 0 bridgehead atoms. The van der Waals surface area contributed by atoms with Crippen LogP contribution in [-0.4, -0.2) is 53.1 Å². The predicted octanol–water partition coefficient (Wildman–Crippen LogP) is 3.39. The number of hydrogen-bond acceptors (Lipinski definition) is 7. The van der Waals surface area contributed by atoms with Gasteiger partial charge in [0, 0.05) is 31.3 Å². The summed E-state index contributed by atoms with van der Waals surface area (Å²) in [6.07, 6.45) is 0. The Morgan fingerprint density at radius 3 is 2.55 bits per heavy atom. The molecule has 1 saturated heterocycles. The fourth-order valence-electron chi connectivity index (χ4n) is 3.62. The molecule has 2 aromatic carbocycles. The molecule has 0 unspecified atom stereocenters. The predicted molar refractivity (Wildman–Crippen MR) is 112 cm³/mol. The zero-order chi connectivity index (χ0) is 22.5. The van der Waals surface area contributed by atoms with Gasteiger partial charge in [-0.1, -0.05) is 12.1 Å². The minimum atomic E-state index is -0.516. The van der Waals surface area contributed by atoms with Crippen molar-refractivity contribution < 1.29 is 23.6 Å². The van der Waals surface area contributed by atoms with Gasteiger partial charge in [0.15, 0.2) is 0 Å². The molecule has 0 radical (unpaired) electrons. The van der Waals surface area contributed by atoms with Gasteiger partial charge in [-0.05, 0) is 37.6 Å². The minimum absolute atomic E-state index is 0.0507. The first kappa shape index (κ1) is 22.3. The second-order valence-electron chi connectivity index (χ2n) is 7.40. The van der Waals surface area contributed by atoms with Gasteiger partial charge in [-0.25, -0.2) is 9.18 Å². The van der Waals surface area contributed by atoms with E-state index < -0.39 is 4.92 Å². The van der Waals surface area contributed by atoms with Crippen molar-refractivity contribution in [2.24, 2.45) is 0 Å². The first-order valence-electron chi connectivity index (χ1n) is 9.79. The lowest BCUT2D eigenvalue weighted by Crippen LogP contribution is -2.55. The van der Waals surface area contributed by atoms with E-state index in [1.54, 1.807) is 12.1 Å². The molecule has 1 heterocycles. The lowest BCUT2D eigenvalue weighted by Gasteiger charge is -2.45. The Labute approximate surface area is 179 Å². The summed E-state index contributed by atoms with van der Waals surface area (Å²) in [7, 11) is 1.47. The summed E-state index contributed by atoms with van der Waals surface area (Å²) in [5, 5.41) is 11.3. The van der Waals surface area contributed by atoms with Gasteiger partial charge in [0.2, 0.25) is 5.75 Å². The third kappa shape index (κ3) is 5.02. The molecule has 164 valence electrons. The van der Waals surface area contributed by atoms with Crippen LogP contribution in [0.25, 0.3) is 0 Å². The number of nitro benzene ring substituents is 1. The number of halogens is 1. The van der Waals surface area contributed by atoms with Crippen LogP contribution in [0.3, 0.4) is 0 Å². The Balaban J connectivity index is 1.74. The van der Waals surface area contributed by atoms with Crippen LogP contribution in [0, 0.1) is 15.9 Å². The maximum Gasteiger partial charge on any atom is 0.311 e.